The lowest BCUT2D eigenvalue weighted by atomic mass is 10.1. The van der Waals surface area contributed by atoms with Crippen molar-refractivity contribution in [2.24, 2.45) is 0 Å². The summed E-state index contributed by atoms with van der Waals surface area (Å²) in [5.74, 6) is 0.747. The minimum absolute atomic E-state index is 0.00444. The highest BCUT2D eigenvalue weighted by Gasteiger charge is 2.15. The van der Waals surface area contributed by atoms with E-state index in [1.54, 1.807) is 12.1 Å². The first-order chi connectivity index (χ1) is 16.3. The molecule has 0 aliphatic rings. The fourth-order valence-electron chi connectivity index (χ4n) is 3.25. The van der Waals surface area contributed by atoms with Gasteiger partial charge in [-0.05, 0) is 103 Å². The van der Waals surface area contributed by atoms with Gasteiger partial charge in [-0.2, -0.15) is 5.26 Å². The van der Waals surface area contributed by atoms with E-state index in [1.807, 2.05) is 82.3 Å². The molecule has 0 saturated carbocycles. The number of amides is 1. The molecule has 1 amide bonds. The first-order valence-electron chi connectivity index (χ1n) is 11.0. The van der Waals surface area contributed by atoms with Gasteiger partial charge in [0.15, 0.2) is 11.5 Å². The van der Waals surface area contributed by atoms with Crippen LogP contribution in [-0.4, -0.2) is 12.5 Å². The molecule has 0 heterocycles. The summed E-state index contributed by atoms with van der Waals surface area (Å²) in [4.78, 5) is 12.7. The van der Waals surface area contributed by atoms with Gasteiger partial charge in [-0.25, -0.2) is 0 Å². The number of carbonyl (C=O) groups is 1. The summed E-state index contributed by atoms with van der Waals surface area (Å²) in [5.41, 5.74) is 5.79. The molecule has 3 aromatic rings. The Balaban J connectivity index is 1.84. The number of anilines is 1. The van der Waals surface area contributed by atoms with E-state index >= 15 is 0 Å². The van der Waals surface area contributed by atoms with E-state index in [2.05, 4.69) is 27.9 Å². The maximum Gasteiger partial charge on any atom is 0.266 e. The zero-order valence-corrected chi connectivity index (χ0v) is 21.9. The Hall–Kier alpha value is -3.31. The molecule has 0 radical (unpaired) electrons. The van der Waals surface area contributed by atoms with Crippen molar-refractivity contribution in [1.29, 1.82) is 5.26 Å². The first-order valence-corrected chi connectivity index (χ1v) is 12.0. The number of aryl methyl sites for hydroxylation is 3. The lowest BCUT2D eigenvalue weighted by Gasteiger charge is -2.15. The molecule has 0 unspecified atom stereocenters. The fourth-order valence-corrected chi connectivity index (χ4v) is 4.03. The average Bonchev–Trinajstić information content (AvgIpc) is 2.80. The Morgan fingerprint density at radius 1 is 1.03 bits per heavy atom. The number of nitrogens with zero attached hydrogens (tertiary/aromatic N) is 1. The Morgan fingerprint density at radius 2 is 1.76 bits per heavy atom. The molecule has 3 aromatic carbocycles. The van der Waals surface area contributed by atoms with E-state index in [0.29, 0.717) is 36.0 Å². The van der Waals surface area contributed by atoms with Gasteiger partial charge >= 0.3 is 0 Å². The van der Waals surface area contributed by atoms with Crippen LogP contribution in [0.1, 0.15) is 34.7 Å². The van der Waals surface area contributed by atoms with Crippen LogP contribution in [0.2, 0.25) is 0 Å². The number of nitrogens with one attached hydrogen (secondary N) is 1. The minimum Gasteiger partial charge on any atom is -0.490 e. The lowest BCUT2D eigenvalue weighted by Crippen LogP contribution is -2.13. The zero-order chi connectivity index (χ0) is 24.7. The van der Waals surface area contributed by atoms with Crippen molar-refractivity contribution in [2.45, 2.75) is 34.3 Å². The molecule has 0 atom stereocenters. The van der Waals surface area contributed by atoms with Crippen LogP contribution in [0.4, 0.5) is 5.69 Å². The molecule has 0 bridgehead atoms. The second kappa shape index (κ2) is 11.7. The van der Waals surface area contributed by atoms with Crippen LogP contribution in [-0.2, 0) is 11.4 Å². The summed E-state index contributed by atoms with van der Waals surface area (Å²) in [5, 5.41) is 12.4. The number of rotatable bonds is 8. The molecule has 0 aliphatic carbocycles. The highest BCUT2D eigenvalue weighted by Crippen LogP contribution is 2.35. The molecule has 174 valence electrons. The number of hydrogen-bond acceptors (Lipinski definition) is 4. The van der Waals surface area contributed by atoms with Gasteiger partial charge < -0.3 is 14.8 Å². The molecule has 5 nitrogen and oxygen atoms in total. The standard InChI is InChI=1S/C28H27IN2O3/c1-5-33-26-15-22(14-25(29)27(26)34-17-21-9-6-18(2)7-10-21)13-23(16-30)28(32)31-24-11-8-19(3)20(4)12-24/h6-15H,5,17H2,1-4H3,(H,31,32)/b23-13+. The van der Waals surface area contributed by atoms with E-state index in [0.717, 1.165) is 20.3 Å². The van der Waals surface area contributed by atoms with Crippen LogP contribution in [0.3, 0.4) is 0 Å². The summed E-state index contributed by atoms with van der Waals surface area (Å²) >= 11 is 2.18. The third-order valence-electron chi connectivity index (χ3n) is 5.28. The number of carbonyl (C=O) groups excluding carboxylic acids is 1. The van der Waals surface area contributed by atoms with Crippen LogP contribution in [0.5, 0.6) is 11.5 Å². The second-order valence-corrected chi connectivity index (χ2v) is 9.12. The van der Waals surface area contributed by atoms with Gasteiger partial charge in [0, 0.05) is 5.69 Å². The molecular formula is C28H27IN2O3. The maximum absolute atomic E-state index is 12.7. The van der Waals surface area contributed by atoms with Crippen LogP contribution in [0, 0.1) is 35.7 Å². The average molecular weight is 566 g/mol. The zero-order valence-electron chi connectivity index (χ0n) is 19.7. The summed E-state index contributed by atoms with van der Waals surface area (Å²) in [7, 11) is 0. The normalized spacial score (nSPS) is 11.0. The molecule has 34 heavy (non-hydrogen) atoms. The molecule has 0 fully saturated rings. The van der Waals surface area contributed by atoms with Crippen LogP contribution >= 0.6 is 22.6 Å². The molecule has 0 aliphatic heterocycles. The maximum atomic E-state index is 12.7. The number of halogens is 1. The van der Waals surface area contributed by atoms with Crippen molar-refractivity contribution in [2.75, 3.05) is 11.9 Å². The Morgan fingerprint density at radius 3 is 2.41 bits per heavy atom. The molecule has 0 aromatic heterocycles. The minimum atomic E-state index is -0.460. The summed E-state index contributed by atoms with van der Waals surface area (Å²) in [6.07, 6.45) is 1.56. The van der Waals surface area contributed by atoms with E-state index < -0.39 is 5.91 Å². The van der Waals surface area contributed by atoms with Crippen LogP contribution < -0.4 is 14.8 Å². The summed E-state index contributed by atoms with van der Waals surface area (Å²) < 4.78 is 12.7. The topological polar surface area (TPSA) is 71.3 Å². The second-order valence-electron chi connectivity index (χ2n) is 7.96. The number of hydrogen-bond donors (Lipinski definition) is 1. The van der Waals surface area contributed by atoms with Crippen LogP contribution in [0.25, 0.3) is 6.08 Å². The van der Waals surface area contributed by atoms with Crippen molar-refractivity contribution < 1.29 is 14.3 Å². The quantitative estimate of drug-likeness (QED) is 0.186. The van der Waals surface area contributed by atoms with E-state index in [9.17, 15) is 10.1 Å². The lowest BCUT2D eigenvalue weighted by molar-refractivity contribution is -0.112. The molecule has 6 heteroatoms. The molecule has 3 rings (SSSR count). The van der Waals surface area contributed by atoms with Gasteiger partial charge in [-0.15, -0.1) is 0 Å². The van der Waals surface area contributed by atoms with Gasteiger partial charge in [-0.3, -0.25) is 4.79 Å². The predicted molar refractivity (Wildman–Crippen MR) is 144 cm³/mol. The molecule has 0 saturated heterocycles. The van der Waals surface area contributed by atoms with Gasteiger partial charge in [0.2, 0.25) is 0 Å². The predicted octanol–water partition coefficient (Wildman–Crippen LogP) is 6.74. The van der Waals surface area contributed by atoms with Crippen molar-refractivity contribution in [3.8, 4) is 17.6 Å². The SMILES string of the molecule is CCOc1cc(/C=C(\C#N)C(=O)Nc2ccc(C)c(C)c2)cc(I)c1OCc1ccc(C)cc1. The van der Waals surface area contributed by atoms with Crippen LogP contribution in [0.15, 0.2) is 60.2 Å². The third kappa shape index (κ3) is 6.61. The number of nitriles is 1. The number of ether oxygens (including phenoxy) is 2. The Kier molecular flexibility index (Phi) is 8.72. The van der Waals surface area contributed by atoms with Crippen molar-refractivity contribution in [1.82, 2.24) is 0 Å². The Labute approximate surface area is 214 Å². The van der Waals surface area contributed by atoms with Gasteiger partial charge in [-0.1, -0.05) is 35.9 Å². The molecular weight excluding hydrogens is 539 g/mol. The Bertz CT molecular complexity index is 1260. The first kappa shape index (κ1) is 25.3. The van der Waals surface area contributed by atoms with Gasteiger partial charge in [0.1, 0.15) is 18.2 Å². The number of benzene rings is 3. The third-order valence-corrected chi connectivity index (χ3v) is 6.08. The summed E-state index contributed by atoms with van der Waals surface area (Å²) in [6.45, 7) is 8.80. The highest BCUT2D eigenvalue weighted by atomic mass is 127. The fraction of sp³-hybridized carbons (Fsp3) is 0.214. The monoisotopic (exact) mass is 566 g/mol. The largest absolute Gasteiger partial charge is 0.490 e. The van der Waals surface area contributed by atoms with E-state index in [-0.39, 0.29) is 5.57 Å². The van der Waals surface area contributed by atoms with E-state index in [1.165, 1.54) is 5.56 Å². The molecule has 0 spiro atoms. The van der Waals surface area contributed by atoms with Gasteiger partial charge in [0.05, 0.1) is 10.2 Å². The van der Waals surface area contributed by atoms with Gasteiger partial charge in [0.25, 0.3) is 5.91 Å². The highest BCUT2D eigenvalue weighted by molar-refractivity contribution is 14.1. The van der Waals surface area contributed by atoms with Crippen molar-refractivity contribution in [3.63, 3.8) is 0 Å². The molecule has 1 N–H and O–H groups in total. The summed E-state index contributed by atoms with van der Waals surface area (Å²) in [6, 6.07) is 19.5. The smallest absolute Gasteiger partial charge is 0.266 e. The van der Waals surface area contributed by atoms with Crippen molar-refractivity contribution >= 4 is 40.3 Å². The van der Waals surface area contributed by atoms with Crippen molar-refractivity contribution in [3.05, 3.63) is 91.6 Å². The van der Waals surface area contributed by atoms with E-state index in [4.69, 9.17) is 9.47 Å².